The SMILES string of the molecule is CCCCCCCCCCCS(=O)(=O)c1ccc(C(=O)Oc2ccc(OC(=O)c3ccc(S(=O)(=O)CCCCCCCCCCC)cc3)c(COC(=O)C3CC4C=CC3C4)c2)cc1. The van der Waals surface area contributed by atoms with Crippen LogP contribution >= 0.6 is 0 Å². The number of hydrogen-bond donors (Lipinski definition) is 0. The molecule has 10 nitrogen and oxygen atoms in total. The molecule has 3 atom stereocenters. The van der Waals surface area contributed by atoms with Gasteiger partial charge in [0.15, 0.2) is 19.7 Å². The van der Waals surface area contributed by atoms with Crippen molar-refractivity contribution in [1.82, 2.24) is 0 Å². The molecule has 63 heavy (non-hydrogen) atoms. The molecule has 5 rings (SSSR count). The third-order valence-corrected chi connectivity index (χ3v) is 16.0. The monoisotopic (exact) mass is 904 g/mol. The first-order chi connectivity index (χ1) is 30.4. The molecule has 1 saturated carbocycles. The molecular weight excluding hydrogens is 837 g/mol. The number of unbranched alkanes of at least 4 members (excludes halogenated alkanes) is 16. The van der Waals surface area contributed by atoms with E-state index in [2.05, 4.69) is 26.0 Å². The fourth-order valence-corrected chi connectivity index (χ4v) is 11.2. The van der Waals surface area contributed by atoms with Crippen LogP contribution in [0.5, 0.6) is 11.5 Å². The van der Waals surface area contributed by atoms with E-state index in [1.54, 1.807) is 0 Å². The van der Waals surface area contributed by atoms with Gasteiger partial charge in [0.05, 0.1) is 38.3 Å². The number of carbonyl (C=O) groups excluding carboxylic acids is 3. The number of rotatable bonds is 29. The fraction of sp³-hybridized carbons (Fsp3) is 0.549. The summed E-state index contributed by atoms with van der Waals surface area (Å²) in [7, 11) is -7.04. The molecule has 1 fully saturated rings. The molecule has 344 valence electrons. The summed E-state index contributed by atoms with van der Waals surface area (Å²) in [5, 5.41) is 0. The summed E-state index contributed by atoms with van der Waals surface area (Å²) in [5.41, 5.74) is 0.546. The Morgan fingerprint density at radius 1 is 0.540 bits per heavy atom. The predicted molar refractivity (Wildman–Crippen MR) is 246 cm³/mol. The maximum absolute atomic E-state index is 13.4. The van der Waals surface area contributed by atoms with E-state index in [1.165, 1.54) is 131 Å². The Hall–Kier alpha value is -4.29. The van der Waals surface area contributed by atoms with Gasteiger partial charge in [0.2, 0.25) is 0 Å². The number of sulfone groups is 2. The number of carbonyl (C=O) groups is 3. The molecule has 12 heteroatoms. The van der Waals surface area contributed by atoms with E-state index in [0.717, 1.165) is 44.9 Å². The second-order valence-electron chi connectivity index (χ2n) is 17.4. The first kappa shape index (κ1) is 49.7. The Bertz CT molecular complexity index is 2180. The molecular formula is C51H68O10S2. The highest BCUT2D eigenvalue weighted by molar-refractivity contribution is 7.91. The molecule has 2 bridgehead atoms. The van der Waals surface area contributed by atoms with Crippen molar-refractivity contribution in [2.75, 3.05) is 11.5 Å². The van der Waals surface area contributed by atoms with E-state index in [0.29, 0.717) is 25.2 Å². The van der Waals surface area contributed by atoms with Gasteiger partial charge in [0.25, 0.3) is 0 Å². The van der Waals surface area contributed by atoms with Crippen molar-refractivity contribution in [1.29, 1.82) is 0 Å². The number of benzene rings is 3. The van der Waals surface area contributed by atoms with Gasteiger partial charge in [0.1, 0.15) is 18.1 Å². The predicted octanol–water partition coefficient (Wildman–Crippen LogP) is 12.0. The van der Waals surface area contributed by atoms with Crippen LogP contribution in [-0.2, 0) is 35.8 Å². The maximum atomic E-state index is 13.4. The molecule has 0 radical (unpaired) electrons. The Morgan fingerprint density at radius 3 is 1.44 bits per heavy atom. The van der Waals surface area contributed by atoms with Crippen molar-refractivity contribution in [3.05, 3.63) is 95.6 Å². The molecule has 3 aromatic rings. The lowest BCUT2D eigenvalue weighted by atomic mass is 9.94. The van der Waals surface area contributed by atoms with E-state index < -0.39 is 31.6 Å². The van der Waals surface area contributed by atoms with Gasteiger partial charge in [-0.15, -0.1) is 0 Å². The highest BCUT2D eigenvalue weighted by atomic mass is 32.2. The van der Waals surface area contributed by atoms with E-state index in [1.807, 2.05) is 0 Å². The van der Waals surface area contributed by atoms with Gasteiger partial charge in [-0.1, -0.05) is 129 Å². The Balaban J connectivity index is 1.18. The summed E-state index contributed by atoms with van der Waals surface area (Å²) >= 11 is 0. The first-order valence-corrected chi connectivity index (χ1v) is 26.8. The van der Waals surface area contributed by atoms with Crippen molar-refractivity contribution in [2.45, 2.75) is 159 Å². The van der Waals surface area contributed by atoms with Gasteiger partial charge < -0.3 is 14.2 Å². The van der Waals surface area contributed by atoms with Gasteiger partial charge in [-0.05, 0) is 104 Å². The van der Waals surface area contributed by atoms with Crippen molar-refractivity contribution in [3.63, 3.8) is 0 Å². The maximum Gasteiger partial charge on any atom is 0.343 e. The van der Waals surface area contributed by atoms with E-state index in [-0.39, 0.29) is 73.9 Å². The summed E-state index contributed by atoms with van der Waals surface area (Å²) in [4.78, 5) is 40.1. The van der Waals surface area contributed by atoms with Crippen molar-refractivity contribution in [3.8, 4) is 11.5 Å². The van der Waals surface area contributed by atoms with Gasteiger partial charge in [0, 0.05) is 5.56 Å². The van der Waals surface area contributed by atoms with Crippen LogP contribution in [-0.4, -0.2) is 46.2 Å². The molecule has 0 heterocycles. The normalized spacial score (nSPS) is 16.9. The quantitative estimate of drug-likeness (QED) is 0.0285. The van der Waals surface area contributed by atoms with Crippen LogP contribution in [0.25, 0.3) is 0 Å². The Morgan fingerprint density at radius 2 is 1.00 bits per heavy atom. The zero-order valence-electron chi connectivity index (χ0n) is 37.4. The minimum Gasteiger partial charge on any atom is -0.460 e. The second-order valence-corrected chi connectivity index (χ2v) is 21.6. The van der Waals surface area contributed by atoms with E-state index in [9.17, 15) is 31.2 Å². The molecule has 2 aliphatic carbocycles. The smallest absolute Gasteiger partial charge is 0.343 e. The van der Waals surface area contributed by atoms with E-state index >= 15 is 0 Å². The van der Waals surface area contributed by atoms with Crippen LogP contribution in [0.1, 0.15) is 169 Å². The van der Waals surface area contributed by atoms with Crippen LogP contribution < -0.4 is 9.47 Å². The molecule has 3 unspecified atom stereocenters. The Labute approximate surface area is 376 Å². The molecule has 0 aromatic heterocycles. The lowest BCUT2D eigenvalue weighted by Crippen LogP contribution is -2.21. The summed E-state index contributed by atoms with van der Waals surface area (Å²) in [5.74, 6) is -1.37. The molecule has 0 spiro atoms. The molecule has 0 amide bonds. The van der Waals surface area contributed by atoms with Crippen LogP contribution in [0.15, 0.2) is 88.7 Å². The third-order valence-electron chi connectivity index (χ3n) is 12.3. The number of allylic oxidation sites excluding steroid dienone is 2. The molecule has 0 aliphatic heterocycles. The molecule has 3 aromatic carbocycles. The van der Waals surface area contributed by atoms with Gasteiger partial charge in [-0.25, -0.2) is 26.4 Å². The minimum atomic E-state index is -3.53. The summed E-state index contributed by atoms with van der Waals surface area (Å²) in [6.45, 7) is 4.13. The van der Waals surface area contributed by atoms with Crippen LogP contribution in [0.2, 0.25) is 0 Å². The molecule has 0 saturated heterocycles. The van der Waals surface area contributed by atoms with Crippen molar-refractivity contribution < 1.29 is 45.4 Å². The summed E-state index contributed by atoms with van der Waals surface area (Å²) < 4.78 is 69.3. The number of esters is 3. The van der Waals surface area contributed by atoms with Gasteiger partial charge in [-0.3, -0.25) is 4.79 Å². The average molecular weight is 905 g/mol. The largest absolute Gasteiger partial charge is 0.460 e. The summed E-state index contributed by atoms with van der Waals surface area (Å²) in [6, 6.07) is 15.7. The highest BCUT2D eigenvalue weighted by Gasteiger charge is 2.40. The van der Waals surface area contributed by atoms with E-state index in [4.69, 9.17) is 14.2 Å². The lowest BCUT2D eigenvalue weighted by Gasteiger charge is -2.18. The van der Waals surface area contributed by atoms with Crippen molar-refractivity contribution >= 4 is 37.6 Å². The lowest BCUT2D eigenvalue weighted by molar-refractivity contribution is -0.150. The average Bonchev–Trinajstić information content (AvgIpc) is 3.93. The fourth-order valence-electron chi connectivity index (χ4n) is 8.50. The summed E-state index contributed by atoms with van der Waals surface area (Å²) in [6.07, 6.45) is 25.2. The van der Waals surface area contributed by atoms with Gasteiger partial charge in [-0.2, -0.15) is 0 Å². The number of fused-ring (bicyclic) bond motifs is 2. The first-order valence-electron chi connectivity index (χ1n) is 23.5. The van der Waals surface area contributed by atoms with Crippen LogP contribution in [0.4, 0.5) is 0 Å². The van der Waals surface area contributed by atoms with Gasteiger partial charge >= 0.3 is 17.9 Å². The number of hydrogen-bond acceptors (Lipinski definition) is 10. The van der Waals surface area contributed by atoms with Crippen molar-refractivity contribution in [2.24, 2.45) is 17.8 Å². The van der Waals surface area contributed by atoms with Crippen LogP contribution in [0.3, 0.4) is 0 Å². The molecule has 0 N–H and O–H groups in total. The molecule has 2 aliphatic rings. The van der Waals surface area contributed by atoms with Crippen LogP contribution in [0, 0.1) is 17.8 Å². The Kier molecular flexibility index (Phi) is 19.9. The zero-order chi connectivity index (χ0) is 45.1. The zero-order valence-corrected chi connectivity index (χ0v) is 39.0. The minimum absolute atomic E-state index is 0.0385. The highest BCUT2D eigenvalue weighted by Crippen LogP contribution is 2.44. The topological polar surface area (TPSA) is 147 Å². The third kappa shape index (κ3) is 15.7. The second kappa shape index (κ2) is 25.3. The standard InChI is InChI=1S/C51H68O10S2/c1-3-5-7-9-11-13-15-17-19-33-62(55,56)45-28-23-40(24-29-45)49(52)60-44-27-32-48(43(37-44)38-59-51(54)47-36-39-21-22-42(47)35-39)61-50(53)41-25-30-46(31-26-41)63(57,58)34-20-18-16-14-12-10-8-6-4-2/h21-32,37,39,42,47H,3-20,33-36,38H2,1-2H3. The number of ether oxygens (including phenoxy) is 3.